The third-order valence-electron chi connectivity index (χ3n) is 4.39. The SMILES string of the molecule is COc1nnc(NC(=O)c2cnc(C)cc2-c2cnn(-c3ccccc3)c2C)s1. The largest absolute Gasteiger partial charge is 0.472 e. The van der Waals surface area contributed by atoms with Crippen LogP contribution in [0, 0.1) is 13.8 Å². The lowest BCUT2D eigenvalue weighted by Gasteiger charge is -2.10. The summed E-state index contributed by atoms with van der Waals surface area (Å²) in [7, 11) is 1.50. The predicted octanol–water partition coefficient (Wildman–Crippen LogP) is 3.66. The van der Waals surface area contributed by atoms with Crippen LogP contribution < -0.4 is 10.1 Å². The number of para-hydroxylation sites is 1. The zero-order valence-corrected chi connectivity index (χ0v) is 16.9. The summed E-state index contributed by atoms with van der Waals surface area (Å²) >= 11 is 1.15. The Hall–Kier alpha value is -3.59. The number of carbonyl (C=O) groups excluding carboxylic acids is 1. The molecule has 1 N–H and O–H groups in total. The molecule has 0 saturated carbocycles. The summed E-state index contributed by atoms with van der Waals surface area (Å²) in [6.45, 7) is 3.86. The van der Waals surface area contributed by atoms with Crippen molar-refractivity contribution >= 4 is 22.4 Å². The number of hydrogen-bond acceptors (Lipinski definition) is 7. The third-order valence-corrected chi connectivity index (χ3v) is 5.19. The minimum Gasteiger partial charge on any atom is -0.472 e. The second kappa shape index (κ2) is 7.80. The fourth-order valence-electron chi connectivity index (χ4n) is 2.97. The molecule has 0 fully saturated rings. The highest BCUT2D eigenvalue weighted by Gasteiger charge is 2.19. The van der Waals surface area contributed by atoms with E-state index < -0.39 is 0 Å². The van der Waals surface area contributed by atoms with Gasteiger partial charge in [0.25, 0.3) is 11.1 Å². The molecule has 0 saturated heterocycles. The van der Waals surface area contributed by atoms with E-state index in [1.807, 2.05) is 54.9 Å². The summed E-state index contributed by atoms with van der Waals surface area (Å²) in [4.78, 5) is 17.2. The van der Waals surface area contributed by atoms with Crippen LogP contribution in [0.15, 0.2) is 48.8 Å². The molecule has 3 heterocycles. The number of methoxy groups -OCH3 is 1. The molecule has 0 radical (unpaired) electrons. The third kappa shape index (κ3) is 3.72. The standard InChI is InChI=1S/C20H18N6O2S/c1-12-9-15(16-11-22-26(13(16)2)14-7-5-4-6-8-14)17(10-21-12)18(27)23-19-24-25-20(28-3)29-19/h4-11H,1-3H3,(H,23,24,27). The molecule has 0 aliphatic rings. The van der Waals surface area contributed by atoms with Crippen LogP contribution in [0.25, 0.3) is 16.8 Å². The van der Waals surface area contributed by atoms with Crippen LogP contribution in [-0.4, -0.2) is 38.0 Å². The van der Waals surface area contributed by atoms with E-state index in [-0.39, 0.29) is 5.91 Å². The van der Waals surface area contributed by atoms with Gasteiger partial charge in [0.1, 0.15) is 0 Å². The maximum atomic E-state index is 12.9. The van der Waals surface area contributed by atoms with E-state index >= 15 is 0 Å². The van der Waals surface area contributed by atoms with E-state index in [9.17, 15) is 4.79 Å². The highest BCUT2D eigenvalue weighted by Crippen LogP contribution is 2.30. The number of ether oxygens (including phenoxy) is 1. The summed E-state index contributed by atoms with van der Waals surface area (Å²) in [5, 5.41) is 15.8. The molecule has 29 heavy (non-hydrogen) atoms. The molecular formula is C20H18N6O2S. The number of aromatic nitrogens is 5. The van der Waals surface area contributed by atoms with Gasteiger partial charge in [0.05, 0.1) is 24.6 Å². The second-order valence-corrected chi connectivity index (χ2v) is 7.23. The van der Waals surface area contributed by atoms with E-state index in [0.717, 1.165) is 39.5 Å². The molecule has 0 bridgehead atoms. The Morgan fingerprint density at radius 3 is 2.62 bits per heavy atom. The number of aryl methyl sites for hydroxylation is 1. The monoisotopic (exact) mass is 406 g/mol. The lowest BCUT2D eigenvalue weighted by molar-refractivity contribution is 0.102. The molecule has 146 valence electrons. The molecule has 4 rings (SSSR count). The Morgan fingerprint density at radius 1 is 1.10 bits per heavy atom. The molecule has 3 aromatic heterocycles. The maximum Gasteiger partial charge on any atom is 0.295 e. The molecule has 0 aliphatic carbocycles. The number of pyridine rings is 1. The van der Waals surface area contributed by atoms with Crippen molar-refractivity contribution in [3.63, 3.8) is 0 Å². The number of hydrogen-bond donors (Lipinski definition) is 1. The van der Waals surface area contributed by atoms with Crippen molar-refractivity contribution in [1.29, 1.82) is 0 Å². The van der Waals surface area contributed by atoms with Crippen LogP contribution in [0.1, 0.15) is 21.7 Å². The van der Waals surface area contributed by atoms with E-state index in [1.54, 1.807) is 12.4 Å². The Kier molecular flexibility index (Phi) is 5.05. The molecule has 8 nitrogen and oxygen atoms in total. The summed E-state index contributed by atoms with van der Waals surface area (Å²) < 4.78 is 6.87. The van der Waals surface area contributed by atoms with Crippen LogP contribution in [0.5, 0.6) is 5.19 Å². The van der Waals surface area contributed by atoms with E-state index in [1.165, 1.54) is 7.11 Å². The number of rotatable bonds is 5. The average molecular weight is 406 g/mol. The smallest absolute Gasteiger partial charge is 0.295 e. The number of carbonyl (C=O) groups is 1. The molecule has 9 heteroatoms. The number of nitrogens with zero attached hydrogens (tertiary/aromatic N) is 5. The van der Waals surface area contributed by atoms with E-state index in [0.29, 0.717) is 15.9 Å². The van der Waals surface area contributed by atoms with E-state index in [2.05, 4.69) is 25.6 Å². The zero-order chi connectivity index (χ0) is 20.4. The lowest BCUT2D eigenvalue weighted by atomic mass is 10.0. The topological polar surface area (TPSA) is 94.8 Å². The first-order valence-electron chi connectivity index (χ1n) is 8.82. The number of nitrogens with one attached hydrogen (secondary N) is 1. The minimum absolute atomic E-state index is 0.321. The summed E-state index contributed by atoms with van der Waals surface area (Å²) in [5.41, 5.74) is 4.73. The summed E-state index contributed by atoms with van der Waals surface area (Å²) in [6, 6.07) is 11.7. The van der Waals surface area contributed by atoms with Crippen molar-refractivity contribution in [2.75, 3.05) is 12.4 Å². The van der Waals surface area contributed by atoms with Crippen molar-refractivity contribution < 1.29 is 9.53 Å². The van der Waals surface area contributed by atoms with Crippen LogP contribution >= 0.6 is 11.3 Å². The number of amides is 1. The Labute approximate surface area is 171 Å². The van der Waals surface area contributed by atoms with Crippen molar-refractivity contribution in [2.45, 2.75) is 13.8 Å². The summed E-state index contributed by atoms with van der Waals surface area (Å²) in [6.07, 6.45) is 3.33. The van der Waals surface area contributed by atoms with Gasteiger partial charge in [0.2, 0.25) is 5.13 Å². The maximum absolute atomic E-state index is 12.9. The fraction of sp³-hybridized carbons (Fsp3) is 0.150. The van der Waals surface area contributed by atoms with Gasteiger partial charge in [-0.05, 0) is 43.4 Å². The van der Waals surface area contributed by atoms with Gasteiger partial charge in [0.15, 0.2) is 0 Å². The molecule has 1 amide bonds. The van der Waals surface area contributed by atoms with Crippen LogP contribution in [-0.2, 0) is 0 Å². The van der Waals surface area contributed by atoms with Crippen LogP contribution in [0.3, 0.4) is 0 Å². The molecular weight excluding hydrogens is 388 g/mol. The van der Waals surface area contributed by atoms with E-state index in [4.69, 9.17) is 4.74 Å². The molecule has 4 aromatic rings. The van der Waals surface area contributed by atoms with Gasteiger partial charge in [-0.25, -0.2) is 4.68 Å². The predicted molar refractivity (Wildman–Crippen MR) is 111 cm³/mol. The van der Waals surface area contributed by atoms with Gasteiger partial charge >= 0.3 is 0 Å². The fourth-order valence-corrected chi connectivity index (χ4v) is 3.53. The van der Waals surface area contributed by atoms with Gasteiger partial charge in [-0.2, -0.15) is 5.10 Å². The van der Waals surface area contributed by atoms with Gasteiger partial charge in [-0.1, -0.05) is 23.3 Å². The van der Waals surface area contributed by atoms with Crippen molar-refractivity contribution in [3.8, 4) is 22.0 Å². The van der Waals surface area contributed by atoms with Crippen molar-refractivity contribution in [1.82, 2.24) is 25.0 Å². The molecule has 0 aliphatic heterocycles. The van der Waals surface area contributed by atoms with Crippen molar-refractivity contribution in [2.24, 2.45) is 0 Å². The summed E-state index contributed by atoms with van der Waals surface area (Å²) in [5.74, 6) is -0.321. The van der Waals surface area contributed by atoms with Crippen LogP contribution in [0.4, 0.5) is 5.13 Å². The Balaban J connectivity index is 1.72. The van der Waals surface area contributed by atoms with Gasteiger partial charge < -0.3 is 4.74 Å². The zero-order valence-electron chi connectivity index (χ0n) is 16.1. The first-order chi connectivity index (χ1) is 14.1. The molecule has 0 unspecified atom stereocenters. The highest BCUT2D eigenvalue weighted by atomic mass is 32.1. The quantitative estimate of drug-likeness (QED) is 0.543. The first kappa shape index (κ1) is 18.8. The van der Waals surface area contributed by atoms with Crippen LogP contribution in [0.2, 0.25) is 0 Å². The number of anilines is 1. The minimum atomic E-state index is -0.321. The normalized spacial score (nSPS) is 10.7. The number of benzene rings is 1. The molecule has 0 spiro atoms. The molecule has 0 atom stereocenters. The van der Waals surface area contributed by atoms with Gasteiger partial charge in [0, 0.05) is 28.7 Å². The van der Waals surface area contributed by atoms with Crippen molar-refractivity contribution in [3.05, 3.63) is 65.7 Å². The average Bonchev–Trinajstić information content (AvgIpc) is 3.34. The highest BCUT2D eigenvalue weighted by molar-refractivity contribution is 7.17. The second-order valence-electron chi connectivity index (χ2n) is 6.29. The Morgan fingerprint density at radius 2 is 1.90 bits per heavy atom. The first-order valence-corrected chi connectivity index (χ1v) is 9.64. The lowest BCUT2D eigenvalue weighted by Crippen LogP contribution is -2.14. The molecule has 1 aromatic carbocycles. The van der Waals surface area contributed by atoms with Gasteiger partial charge in [-0.15, -0.1) is 5.10 Å². The Bertz CT molecular complexity index is 1170. The van der Waals surface area contributed by atoms with Gasteiger partial charge in [-0.3, -0.25) is 15.1 Å².